The van der Waals surface area contributed by atoms with Gasteiger partial charge in [-0.3, -0.25) is 19.2 Å². The maximum absolute atomic E-state index is 14.2. The monoisotopic (exact) mass is 847 g/mol. The smallest absolute Gasteiger partial charge is 0.309 e. The van der Waals surface area contributed by atoms with E-state index in [0.717, 1.165) is 68.9 Å². The van der Waals surface area contributed by atoms with Crippen molar-refractivity contribution in [1.82, 2.24) is 5.32 Å². The van der Waals surface area contributed by atoms with Gasteiger partial charge in [0.2, 0.25) is 5.91 Å². The van der Waals surface area contributed by atoms with Crippen molar-refractivity contribution in [3.05, 3.63) is 39.9 Å². The molecule has 0 bridgehead atoms. The number of ether oxygens (including phenoxy) is 3. The first kappa shape index (κ1) is 43.7. The third kappa shape index (κ3) is 6.70. The minimum atomic E-state index is -0.835. The molecule has 0 radical (unpaired) electrons. The maximum atomic E-state index is 14.2. The van der Waals surface area contributed by atoms with Crippen molar-refractivity contribution in [2.75, 3.05) is 13.2 Å². The summed E-state index contributed by atoms with van der Waals surface area (Å²) in [6, 6.07) is 5.56. The highest BCUT2D eigenvalue weighted by Gasteiger charge is 2.70. The van der Waals surface area contributed by atoms with Crippen molar-refractivity contribution in [2.45, 2.75) is 158 Å². The number of hydrogen-bond acceptors (Lipinski definition) is 7. The maximum Gasteiger partial charge on any atom is 0.309 e. The summed E-state index contributed by atoms with van der Waals surface area (Å²) >= 11 is 6.37. The van der Waals surface area contributed by atoms with E-state index < -0.39 is 28.6 Å². The van der Waals surface area contributed by atoms with Crippen molar-refractivity contribution < 1.29 is 38.5 Å². The predicted octanol–water partition coefficient (Wildman–Crippen LogP) is 10.2. The third-order valence-electron chi connectivity index (χ3n) is 18.8. The Morgan fingerprint density at radius 1 is 0.900 bits per heavy atom. The molecule has 6 fully saturated rings. The molecule has 1 aliphatic heterocycles. The van der Waals surface area contributed by atoms with Crippen LogP contribution in [0.1, 0.15) is 145 Å². The molecule has 7 aliphatic rings. The van der Waals surface area contributed by atoms with E-state index in [4.69, 9.17) is 25.8 Å². The number of carbonyl (C=O) groups excluding carboxylic acids is 3. The van der Waals surface area contributed by atoms with Gasteiger partial charge in [-0.25, -0.2) is 0 Å². The van der Waals surface area contributed by atoms with Crippen LogP contribution in [-0.2, 0) is 35.2 Å². The molecule has 0 aromatic heterocycles. The second kappa shape index (κ2) is 15.1. The number of benzene rings is 1. The fourth-order valence-corrected chi connectivity index (χ4v) is 15.4. The van der Waals surface area contributed by atoms with Gasteiger partial charge in [0.1, 0.15) is 18.0 Å². The molecule has 2 N–H and O–H groups in total. The van der Waals surface area contributed by atoms with Crippen LogP contribution in [0.15, 0.2) is 29.3 Å². The molecule has 5 saturated carbocycles. The van der Waals surface area contributed by atoms with Gasteiger partial charge >= 0.3 is 11.9 Å². The zero-order valence-electron chi connectivity index (χ0n) is 37.6. The second-order valence-electron chi connectivity index (χ2n) is 22.6. The largest absolute Gasteiger partial charge is 0.488 e. The highest BCUT2D eigenvalue weighted by molar-refractivity contribution is 6.30. The Bertz CT molecular complexity index is 1970. The van der Waals surface area contributed by atoms with Crippen LogP contribution in [-0.4, -0.2) is 54.2 Å². The number of allylic oxidation sites excluding steroid dienone is 2. The Morgan fingerprint density at radius 3 is 2.32 bits per heavy atom. The number of hydrogen-bond donors (Lipinski definition) is 2. The zero-order valence-corrected chi connectivity index (χ0v) is 38.4. The summed E-state index contributed by atoms with van der Waals surface area (Å²) in [6.07, 6.45) is 9.46. The fourth-order valence-electron chi connectivity index (χ4n) is 15.2. The standard InChI is InChI=1S/C50H70ClNO8/c1-28(2)41-35(53)24-50(25-40(54)52-26-29-10-11-30(51)22-36(29)59-31-16-21-58-27-31)20-19-48(8)32(42(41)50)12-13-38-47(7)17-15-39(46(5,6)37(47)14-18-49(38,48)9)60-44(57)34-23-33(43(55)56)45(34,3)4/h10-11,22,28,31-34,37-39H,12-21,23-27H2,1-9H3,(H,52,54)(H,55,56)/t31-,32+,33-,34+,37-,38+,39-,47-,48+,49+,50-/m0/s1. The number of halogens is 1. The minimum Gasteiger partial charge on any atom is -0.488 e. The predicted molar refractivity (Wildman–Crippen MR) is 230 cm³/mol. The first-order chi connectivity index (χ1) is 28.1. The molecule has 1 saturated heterocycles. The van der Waals surface area contributed by atoms with Crippen LogP contribution in [0, 0.1) is 68.0 Å². The van der Waals surface area contributed by atoms with Crippen LogP contribution < -0.4 is 10.1 Å². The summed E-state index contributed by atoms with van der Waals surface area (Å²) in [5.41, 5.74) is 1.90. The van der Waals surface area contributed by atoms with Crippen LogP contribution in [0.4, 0.5) is 0 Å². The van der Waals surface area contributed by atoms with Crippen molar-refractivity contribution in [2.24, 2.45) is 68.0 Å². The summed E-state index contributed by atoms with van der Waals surface area (Å²) in [7, 11) is 0. The molecule has 11 atom stereocenters. The van der Waals surface area contributed by atoms with Gasteiger partial charge in [0, 0.05) is 47.2 Å². The molecule has 60 heavy (non-hydrogen) atoms. The number of Topliss-reactive ketones (excluding diaryl/α,β-unsaturated/α-hetero) is 1. The van der Waals surface area contributed by atoms with Crippen LogP contribution in [0.3, 0.4) is 0 Å². The average molecular weight is 849 g/mol. The Balaban J connectivity index is 1.01. The molecular formula is C50H70ClNO8. The van der Waals surface area contributed by atoms with Gasteiger partial charge in [0.25, 0.3) is 0 Å². The van der Waals surface area contributed by atoms with E-state index >= 15 is 0 Å². The lowest BCUT2D eigenvalue weighted by molar-refractivity contribution is -0.236. The normalized spacial score (nSPS) is 40.1. The molecule has 8 rings (SSSR count). The number of nitrogens with one attached hydrogen (secondary N) is 1. The summed E-state index contributed by atoms with van der Waals surface area (Å²) in [4.78, 5) is 53.8. The van der Waals surface area contributed by atoms with Gasteiger partial charge < -0.3 is 24.6 Å². The van der Waals surface area contributed by atoms with Crippen LogP contribution in [0.5, 0.6) is 5.75 Å². The zero-order chi connectivity index (χ0) is 43.4. The van der Waals surface area contributed by atoms with Gasteiger partial charge in [-0.1, -0.05) is 85.6 Å². The quantitative estimate of drug-likeness (QED) is 0.223. The van der Waals surface area contributed by atoms with Crippen LogP contribution in [0.2, 0.25) is 5.02 Å². The van der Waals surface area contributed by atoms with Gasteiger partial charge in [-0.15, -0.1) is 0 Å². The fraction of sp³-hybridized carbons (Fsp3) is 0.760. The van der Waals surface area contributed by atoms with E-state index in [2.05, 4.69) is 53.8 Å². The van der Waals surface area contributed by atoms with E-state index in [-0.39, 0.29) is 63.4 Å². The summed E-state index contributed by atoms with van der Waals surface area (Å²) in [5.74, 6) is 0.0635. The molecule has 1 aromatic carbocycles. The molecule has 0 unspecified atom stereocenters. The molecule has 1 amide bonds. The lowest BCUT2D eigenvalue weighted by Crippen LogP contribution is -2.66. The molecular weight excluding hydrogens is 778 g/mol. The lowest BCUT2D eigenvalue weighted by atomic mass is 9.33. The van der Waals surface area contributed by atoms with E-state index in [1.165, 1.54) is 5.57 Å². The van der Waals surface area contributed by atoms with E-state index in [1.807, 2.05) is 32.0 Å². The number of carboxylic acids is 1. The number of carboxylic acid groups (broad SMARTS) is 1. The molecule has 0 spiro atoms. The minimum absolute atomic E-state index is 0.0332. The molecule has 6 aliphatic carbocycles. The average Bonchev–Trinajstić information content (AvgIpc) is 3.77. The topological polar surface area (TPSA) is 128 Å². The van der Waals surface area contributed by atoms with Crippen LogP contribution in [0.25, 0.3) is 0 Å². The van der Waals surface area contributed by atoms with E-state index in [9.17, 15) is 24.3 Å². The van der Waals surface area contributed by atoms with Crippen molar-refractivity contribution in [3.63, 3.8) is 0 Å². The Labute approximate surface area is 362 Å². The summed E-state index contributed by atoms with van der Waals surface area (Å²) in [5, 5.41) is 13.5. The number of esters is 1. The lowest BCUT2D eigenvalue weighted by Gasteiger charge is -2.72. The second-order valence-corrected chi connectivity index (χ2v) is 23.0. The Kier molecular flexibility index (Phi) is 11.0. The Hall–Kier alpha value is -2.91. The number of amides is 1. The number of ketones is 1. The van der Waals surface area contributed by atoms with Gasteiger partial charge in [0.15, 0.2) is 5.78 Å². The highest BCUT2D eigenvalue weighted by Crippen LogP contribution is 2.77. The van der Waals surface area contributed by atoms with Crippen molar-refractivity contribution >= 4 is 35.2 Å². The van der Waals surface area contributed by atoms with Crippen molar-refractivity contribution in [3.8, 4) is 5.75 Å². The summed E-state index contributed by atoms with van der Waals surface area (Å²) < 4.78 is 18.2. The highest BCUT2D eigenvalue weighted by atomic mass is 35.5. The third-order valence-corrected chi connectivity index (χ3v) is 19.0. The number of rotatable bonds is 10. The van der Waals surface area contributed by atoms with E-state index in [1.54, 1.807) is 0 Å². The molecule has 9 nitrogen and oxygen atoms in total. The number of fused-ring (bicyclic) bond motifs is 7. The van der Waals surface area contributed by atoms with Crippen molar-refractivity contribution in [1.29, 1.82) is 0 Å². The molecule has 1 aromatic rings. The van der Waals surface area contributed by atoms with Gasteiger partial charge in [0.05, 0.1) is 25.0 Å². The SMILES string of the molecule is CC(C)C1=C2[C@H]3CC[C@@H]4[C@@]5(C)CC[C@H](OC(=O)[C@H]6C[C@@H](C(=O)O)C6(C)C)C(C)(C)[C@@H]5CC[C@@]4(C)[C@]3(C)CC[C@@]2(CC(=O)NCc2ccc(Cl)cc2O[C@H]2CCOC2)CC1=O. The van der Waals surface area contributed by atoms with Gasteiger partial charge in [-0.2, -0.15) is 0 Å². The number of aliphatic carboxylic acids is 1. The first-order valence-electron chi connectivity index (χ1n) is 23.1. The van der Waals surface area contributed by atoms with Gasteiger partial charge in [-0.05, 0) is 121 Å². The number of carbonyl (C=O) groups is 4. The van der Waals surface area contributed by atoms with E-state index in [0.29, 0.717) is 61.6 Å². The summed E-state index contributed by atoms with van der Waals surface area (Å²) in [6.45, 7) is 21.9. The first-order valence-corrected chi connectivity index (χ1v) is 23.5. The molecule has 1 heterocycles. The van der Waals surface area contributed by atoms with Crippen LogP contribution >= 0.6 is 11.6 Å². The molecule has 10 heteroatoms. The Morgan fingerprint density at radius 2 is 1.65 bits per heavy atom. The molecule has 330 valence electrons.